The summed E-state index contributed by atoms with van der Waals surface area (Å²) >= 11 is 0. The summed E-state index contributed by atoms with van der Waals surface area (Å²) in [5.74, 6) is 0.771. The lowest BCUT2D eigenvalue weighted by atomic mass is 9.85. The second-order valence-electron chi connectivity index (χ2n) is 4.58. The summed E-state index contributed by atoms with van der Waals surface area (Å²) in [6.45, 7) is 2.05. The van der Waals surface area contributed by atoms with Crippen LogP contribution in [0.4, 0.5) is 4.39 Å². The van der Waals surface area contributed by atoms with Crippen LogP contribution in [0.15, 0.2) is 0 Å². The molecule has 1 aliphatic carbocycles. The molecule has 14 heavy (non-hydrogen) atoms. The molecule has 1 saturated carbocycles. The van der Waals surface area contributed by atoms with E-state index in [-0.39, 0.29) is 12.4 Å². The van der Waals surface area contributed by atoms with Gasteiger partial charge in [0, 0.05) is 0 Å². The van der Waals surface area contributed by atoms with Gasteiger partial charge in [0.15, 0.2) is 0 Å². The van der Waals surface area contributed by atoms with E-state index >= 15 is 0 Å². The topological polar surface area (TPSA) is 12.0 Å². The molecule has 0 spiro atoms. The fraction of sp³-hybridized carbons (Fsp3) is 1.00. The van der Waals surface area contributed by atoms with Crippen molar-refractivity contribution in [1.29, 1.82) is 0 Å². The Balaban J connectivity index is 0.000000980. The second kappa shape index (κ2) is 5.92. The molecule has 2 aliphatic rings. The van der Waals surface area contributed by atoms with Crippen molar-refractivity contribution >= 4 is 12.4 Å². The number of hydrogen-bond acceptors (Lipinski definition) is 1. The van der Waals surface area contributed by atoms with Gasteiger partial charge in [0.2, 0.25) is 0 Å². The van der Waals surface area contributed by atoms with Crippen molar-refractivity contribution in [3.05, 3.63) is 0 Å². The summed E-state index contributed by atoms with van der Waals surface area (Å²) < 4.78 is 14.0. The van der Waals surface area contributed by atoms with Crippen molar-refractivity contribution in [2.24, 2.45) is 11.8 Å². The average Bonchev–Trinajstić information content (AvgIpc) is 2.71. The maximum Gasteiger partial charge on any atom is 0.106 e. The third-order valence-corrected chi connectivity index (χ3v) is 3.68. The van der Waals surface area contributed by atoms with Crippen molar-refractivity contribution in [2.75, 3.05) is 13.1 Å². The predicted molar refractivity (Wildman–Crippen MR) is 59.7 cm³/mol. The second-order valence-corrected chi connectivity index (χ2v) is 4.58. The molecule has 3 heteroatoms. The van der Waals surface area contributed by atoms with Crippen LogP contribution in [0.25, 0.3) is 0 Å². The maximum atomic E-state index is 14.0. The Morgan fingerprint density at radius 1 is 0.929 bits per heavy atom. The molecule has 0 aromatic rings. The van der Waals surface area contributed by atoms with E-state index in [1.165, 1.54) is 12.8 Å². The van der Waals surface area contributed by atoms with Crippen LogP contribution in [0.5, 0.6) is 0 Å². The quantitative estimate of drug-likeness (QED) is 0.756. The van der Waals surface area contributed by atoms with Crippen molar-refractivity contribution in [3.63, 3.8) is 0 Å². The first kappa shape index (κ1) is 12.3. The Hall–Kier alpha value is 0.180. The first-order chi connectivity index (χ1) is 6.38. The molecule has 0 aromatic carbocycles. The highest BCUT2D eigenvalue weighted by Crippen LogP contribution is 2.35. The van der Waals surface area contributed by atoms with Gasteiger partial charge < -0.3 is 5.32 Å². The maximum absolute atomic E-state index is 14.0. The Kier molecular flexibility index (Phi) is 5.18. The lowest BCUT2D eigenvalue weighted by Gasteiger charge is -2.29. The van der Waals surface area contributed by atoms with Gasteiger partial charge >= 0.3 is 0 Å². The standard InChI is InChI=1S/C11H20FN.ClH/c12-11(9-3-1-2-4-9)10-5-7-13-8-6-10;/h9-11,13H,1-8H2;1H. The Morgan fingerprint density at radius 3 is 2.00 bits per heavy atom. The summed E-state index contributed by atoms with van der Waals surface area (Å²) in [6, 6.07) is 0. The highest BCUT2D eigenvalue weighted by molar-refractivity contribution is 5.85. The van der Waals surface area contributed by atoms with E-state index in [0.29, 0.717) is 11.8 Å². The van der Waals surface area contributed by atoms with Crippen LogP contribution in [0.2, 0.25) is 0 Å². The molecule has 1 atom stereocenters. The minimum Gasteiger partial charge on any atom is -0.317 e. The Morgan fingerprint density at radius 2 is 1.43 bits per heavy atom. The largest absolute Gasteiger partial charge is 0.317 e. The van der Waals surface area contributed by atoms with Crippen molar-refractivity contribution in [1.82, 2.24) is 5.32 Å². The van der Waals surface area contributed by atoms with Gasteiger partial charge in [0.05, 0.1) is 0 Å². The fourth-order valence-electron chi connectivity index (χ4n) is 2.82. The van der Waals surface area contributed by atoms with Crippen molar-refractivity contribution < 1.29 is 4.39 Å². The van der Waals surface area contributed by atoms with Crippen LogP contribution in [0.3, 0.4) is 0 Å². The summed E-state index contributed by atoms with van der Waals surface area (Å²) in [4.78, 5) is 0. The molecule has 84 valence electrons. The predicted octanol–water partition coefficient (Wildman–Crippen LogP) is 2.94. The first-order valence-corrected chi connectivity index (χ1v) is 5.72. The molecule has 0 bridgehead atoms. The third kappa shape index (κ3) is 2.83. The van der Waals surface area contributed by atoms with Crippen molar-refractivity contribution in [3.8, 4) is 0 Å². The summed E-state index contributed by atoms with van der Waals surface area (Å²) in [6.07, 6.45) is 6.42. The van der Waals surface area contributed by atoms with E-state index in [1.807, 2.05) is 0 Å². The minimum absolute atomic E-state index is 0. The molecule has 0 radical (unpaired) electrons. The van der Waals surface area contributed by atoms with E-state index < -0.39 is 6.17 Å². The van der Waals surface area contributed by atoms with Crippen molar-refractivity contribution in [2.45, 2.75) is 44.7 Å². The average molecular weight is 222 g/mol. The molecule has 1 aliphatic heterocycles. The van der Waals surface area contributed by atoms with Crippen LogP contribution in [0, 0.1) is 11.8 Å². The zero-order valence-electron chi connectivity index (χ0n) is 8.68. The van der Waals surface area contributed by atoms with Crippen LogP contribution in [0.1, 0.15) is 38.5 Å². The van der Waals surface area contributed by atoms with E-state index in [9.17, 15) is 4.39 Å². The number of alkyl halides is 1. The van der Waals surface area contributed by atoms with Crippen LogP contribution >= 0.6 is 12.4 Å². The molecule has 1 heterocycles. The van der Waals surface area contributed by atoms with Crippen LogP contribution < -0.4 is 5.32 Å². The Bertz CT molecular complexity index is 153. The third-order valence-electron chi connectivity index (χ3n) is 3.68. The number of hydrogen-bond donors (Lipinski definition) is 1. The smallest absolute Gasteiger partial charge is 0.106 e. The molecule has 1 nitrogen and oxygen atoms in total. The molecule has 2 fully saturated rings. The lowest BCUT2D eigenvalue weighted by molar-refractivity contribution is 0.126. The van der Waals surface area contributed by atoms with E-state index in [0.717, 1.165) is 38.8 Å². The van der Waals surface area contributed by atoms with Crippen LogP contribution in [-0.4, -0.2) is 19.3 Å². The number of piperidine rings is 1. The van der Waals surface area contributed by atoms with E-state index in [4.69, 9.17) is 0 Å². The summed E-state index contributed by atoms with van der Waals surface area (Å²) in [7, 11) is 0. The van der Waals surface area contributed by atoms with Gasteiger partial charge in [-0.2, -0.15) is 0 Å². The SMILES string of the molecule is Cl.FC(C1CCCC1)C1CCNCC1. The molecule has 1 N–H and O–H groups in total. The monoisotopic (exact) mass is 221 g/mol. The minimum atomic E-state index is -0.496. The number of rotatable bonds is 2. The van der Waals surface area contributed by atoms with Gasteiger partial charge in [-0.3, -0.25) is 0 Å². The van der Waals surface area contributed by atoms with Gasteiger partial charge in [0.1, 0.15) is 6.17 Å². The fourth-order valence-corrected chi connectivity index (χ4v) is 2.82. The highest BCUT2D eigenvalue weighted by Gasteiger charge is 2.31. The van der Waals surface area contributed by atoms with Crippen LogP contribution in [-0.2, 0) is 0 Å². The zero-order chi connectivity index (χ0) is 9.10. The molecular weight excluding hydrogens is 201 g/mol. The van der Waals surface area contributed by atoms with Gasteiger partial charge in [-0.15, -0.1) is 12.4 Å². The molecule has 2 rings (SSSR count). The molecule has 1 saturated heterocycles. The van der Waals surface area contributed by atoms with Gasteiger partial charge in [0.25, 0.3) is 0 Å². The highest BCUT2D eigenvalue weighted by atomic mass is 35.5. The van der Waals surface area contributed by atoms with Gasteiger partial charge in [-0.1, -0.05) is 12.8 Å². The molecule has 0 amide bonds. The van der Waals surface area contributed by atoms with Gasteiger partial charge in [-0.25, -0.2) is 4.39 Å². The summed E-state index contributed by atoms with van der Waals surface area (Å²) in [5.41, 5.74) is 0. The normalized spacial score (nSPS) is 27.2. The van der Waals surface area contributed by atoms with Gasteiger partial charge in [-0.05, 0) is 50.6 Å². The van der Waals surface area contributed by atoms with E-state index in [2.05, 4.69) is 5.32 Å². The first-order valence-electron chi connectivity index (χ1n) is 5.72. The molecule has 0 aromatic heterocycles. The number of nitrogens with one attached hydrogen (secondary N) is 1. The summed E-state index contributed by atoms with van der Waals surface area (Å²) in [5, 5.41) is 3.29. The zero-order valence-corrected chi connectivity index (χ0v) is 9.49. The molecular formula is C11H21ClFN. The molecule has 1 unspecified atom stereocenters. The van der Waals surface area contributed by atoms with E-state index in [1.54, 1.807) is 0 Å². The number of halogens is 2. The lowest BCUT2D eigenvalue weighted by Crippen LogP contribution is -2.35. The Labute approximate surface area is 92.2 Å².